The highest BCUT2D eigenvalue weighted by molar-refractivity contribution is 5.78. The number of aryl methyl sites for hydroxylation is 1. The van der Waals surface area contributed by atoms with Crippen molar-refractivity contribution in [3.63, 3.8) is 0 Å². The Kier molecular flexibility index (Phi) is 5.90. The van der Waals surface area contributed by atoms with Crippen LogP contribution in [-0.2, 0) is 17.9 Å². The van der Waals surface area contributed by atoms with Crippen LogP contribution in [-0.4, -0.2) is 27.5 Å². The molecule has 2 heterocycles. The van der Waals surface area contributed by atoms with Crippen molar-refractivity contribution >= 4 is 5.91 Å². The van der Waals surface area contributed by atoms with Gasteiger partial charge in [0.15, 0.2) is 0 Å². The molecule has 4 rings (SSSR count). The number of carbonyl (C=O) groups is 1. The molecule has 0 radical (unpaired) electrons. The number of hydrogen-bond acceptors (Lipinski definition) is 5. The Labute approximate surface area is 175 Å². The van der Waals surface area contributed by atoms with Gasteiger partial charge in [-0.05, 0) is 43.0 Å². The van der Waals surface area contributed by atoms with Gasteiger partial charge in [-0.25, -0.2) is 4.39 Å². The predicted octanol–water partition coefficient (Wildman–Crippen LogP) is 4.16. The summed E-state index contributed by atoms with van der Waals surface area (Å²) in [5.41, 5.74) is 3.42. The fraction of sp³-hybridized carbons (Fsp3) is 0.348. The third kappa shape index (κ3) is 4.41. The van der Waals surface area contributed by atoms with Crippen LogP contribution in [0.3, 0.4) is 0 Å². The first-order valence-corrected chi connectivity index (χ1v) is 10.2. The van der Waals surface area contributed by atoms with Crippen molar-refractivity contribution in [2.75, 3.05) is 6.54 Å². The van der Waals surface area contributed by atoms with Crippen LogP contribution >= 0.6 is 0 Å². The Morgan fingerprint density at radius 1 is 1.23 bits per heavy atom. The topological polar surface area (TPSA) is 71.3 Å². The predicted molar refractivity (Wildman–Crippen MR) is 111 cm³/mol. The van der Waals surface area contributed by atoms with E-state index in [2.05, 4.69) is 27.6 Å². The smallest absolute Gasteiger partial charge is 0.243 e. The minimum atomic E-state index is -0.293. The molecule has 30 heavy (non-hydrogen) atoms. The fourth-order valence-corrected chi connectivity index (χ4v) is 3.57. The van der Waals surface area contributed by atoms with E-state index in [4.69, 9.17) is 4.52 Å². The average Bonchev–Trinajstić information content (AvgIpc) is 3.39. The second-order valence-corrected chi connectivity index (χ2v) is 7.71. The lowest BCUT2D eigenvalue weighted by Gasteiger charge is -2.19. The minimum absolute atomic E-state index is 0.178. The molecule has 0 saturated carbocycles. The van der Waals surface area contributed by atoms with Crippen molar-refractivity contribution in [1.82, 2.24) is 20.4 Å². The number of aromatic nitrogens is 2. The highest BCUT2D eigenvalue weighted by atomic mass is 19.1. The molecule has 1 amide bonds. The van der Waals surface area contributed by atoms with Gasteiger partial charge in [-0.2, -0.15) is 4.98 Å². The molecule has 1 saturated heterocycles. The van der Waals surface area contributed by atoms with Gasteiger partial charge in [0.2, 0.25) is 17.6 Å². The van der Waals surface area contributed by atoms with Gasteiger partial charge in [-0.1, -0.05) is 41.6 Å². The highest BCUT2D eigenvalue weighted by Gasteiger charge is 2.21. The van der Waals surface area contributed by atoms with Gasteiger partial charge >= 0.3 is 0 Å². The molecular weight excluding hydrogens is 383 g/mol. The van der Waals surface area contributed by atoms with Crippen LogP contribution in [0.2, 0.25) is 0 Å². The van der Waals surface area contributed by atoms with E-state index in [9.17, 15) is 9.18 Å². The summed E-state index contributed by atoms with van der Waals surface area (Å²) in [6.45, 7) is 5.72. The molecule has 1 unspecified atom stereocenters. The number of halogens is 1. The third-order valence-corrected chi connectivity index (χ3v) is 5.49. The van der Waals surface area contributed by atoms with Gasteiger partial charge in [-0.3, -0.25) is 4.79 Å². The van der Waals surface area contributed by atoms with E-state index < -0.39 is 0 Å². The second-order valence-electron chi connectivity index (χ2n) is 7.71. The van der Waals surface area contributed by atoms with E-state index in [1.807, 2.05) is 24.0 Å². The third-order valence-electron chi connectivity index (χ3n) is 5.49. The summed E-state index contributed by atoms with van der Waals surface area (Å²) in [5, 5.41) is 7.39. The summed E-state index contributed by atoms with van der Waals surface area (Å²) in [6.07, 6.45) is 1.57. The lowest BCUT2D eigenvalue weighted by atomic mass is 10.1. The molecule has 1 aliphatic heterocycles. The minimum Gasteiger partial charge on any atom is -0.338 e. The van der Waals surface area contributed by atoms with Crippen LogP contribution in [0.15, 0.2) is 47.0 Å². The van der Waals surface area contributed by atoms with Crippen LogP contribution in [0.5, 0.6) is 0 Å². The number of likely N-dealkylation sites (tertiary alicyclic amines) is 1. The number of benzene rings is 2. The van der Waals surface area contributed by atoms with Crippen molar-refractivity contribution in [3.05, 3.63) is 70.9 Å². The van der Waals surface area contributed by atoms with E-state index >= 15 is 0 Å². The molecule has 3 aromatic rings. The Hall–Kier alpha value is -3.06. The summed E-state index contributed by atoms with van der Waals surface area (Å²) in [4.78, 5) is 18.3. The normalized spacial score (nSPS) is 15.0. The Morgan fingerprint density at radius 3 is 2.77 bits per heavy atom. The molecular formula is C23H25FN4O2. The van der Waals surface area contributed by atoms with Gasteiger partial charge in [0.1, 0.15) is 5.82 Å². The molecule has 1 fully saturated rings. The lowest BCUT2D eigenvalue weighted by Crippen LogP contribution is -2.25. The molecule has 0 spiro atoms. The number of hydrogen-bond donors (Lipinski definition) is 1. The van der Waals surface area contributed by atoms with Crippen molar-refractivity contribution in [1.29, 1.82) is 0 Å². The van der Waals surface area contributed by atoms with E-state index in [1.54, 1.807) is 19.1 Å². The molecule has 0 aliphatic carbocycles. The van der Waals surface area contributed by atoms with Crippen molar-refractivity contribution in [3.8, 4) is 11.4 Å². The van der Waals surface area contributed by atoms with E-state index in [0.717, 1.165) is 24.1 Å². The zero-order valence-electron chi connectivity index (χ0n) is 17.2. The summed E-state index contributed by atoms with van der Waals surface area (Å²) < 4.78 is 19.2. The maximum Gasteiger partial charge on any atom is 0.243 e. The summed E-state index contributed by atoms with van der Waals surface area (Å²) >= 11 is 0. The van der Waals surface area contributed by atoms with E-state index in [1.165, 1.54) is 6.07 Å². The zero-order valence-corrected chi connectivity index (χ0v) is 17.2. The maximum atomic E-state index is 13.8. The molecule has 0 bridgehead atoms. The summed E-state index contributed by atoms with van der Waals surface area (Å²) in [7, 11) is 0. The Morgan fingerprint density at radius 2 is 2.03 bits per heavy atom. The SMILES string of the molecule is Cc1ccc(-c2noc(C(C)NCc3ccccc3CN3CCCC3=O)n2)cc1F. The van der Waals surface area contributed by atoms with Crippen molar-refractivity contribution in [2.24, 2.45) is 0 Å². The number of nitrogens with one attached hydrogen (secondary N) is 1. The number of rotatable bonds is 7. The van der Waals surface area contributed by atoms with Gasteiger partial charge in [0.25, 0.3) is 0 Å². The maximum absolute atomic E-state index is 13.8. The lowest BCUT2D eigenvalue weighted by molar-refractivity contribution is -0.128. The molecule has 2 aromatic carbocycles. The largest absolute Gasteiger partial charge is 0.338 e. The molecule has 1 atom stereocenters. The van der Waals surface area contributed by atoms with E-state index in [-0.39, 0.29) is 17.8 Å². The van der Waals surface area contributed by atoms with Gasteiger partial charge < -0.3 is 14.7 Å². The van der Waals surface area contributed by atoms with Gasteiger partial charge in [-0.15, -0.1) is 0 Å². The Balaban J connectivity index is 1.42. The monoisotopic (exact) mass is 408 g/mol. The van der Waals surface area contributed by atoms with Gasteiger partial charge in [0.05, 0.1) is 6.04 Å². The summed E-state index contributed by atoms with van der Waals surface area (Å²) in [5.74, 6) is 0.735. The molecule has 1 N–H and O–H groups in total. The average molecular weight is 408 g/mol. The summed E-state index contributed by atoms with van der Waals surface area (Å²) in [6, 6.07) is 12.8. The number of carbonyl (C=O) groups excluding carboxylic acids is 1. The first kappa shape index (κ1) is 20.2. The van der Waals surface area contributed by atoms with E-state index in [0.29, 0.717) is 42.4 Å². The molecule has 7 heteroatoms. The van der Waals surface area contributed by atoms with Crippen molar-refractivity contribution in [2.45, 2.75) is 45.8 Å². The van der Waals surface area contributed by atoms with Crippen LogP contribution in [0, 0.1) is 12.7 Å². The second kappa shape index (κ2) is 8.75. The van der Waals surface area contributed by atoms with Crippen molar-refractivity contribution < 1.29 is 13.7 Å². The standard InChI is InChI=1S/C23H25FN4O2/c1-15-9-10-17(12-20(15)24)22-26-23(30-27-22)16(2)25-13-18-6-3-4-7-19(18)14-28-11-5-8-21(28)29/h3-4,6-7,9-10,12,16,25H,5,8,11,13-14H2,1-2H3. The fourth-order valence-electron chi connectivity index (χ4n) is 3.57. The quantitative estimate of drug-likeness (QED) is 0.636. The molecule has 1 aromatic heterocycles. The first-order chi connectivity index (χ1) is 14.5. The first-order valence-electron chi connectivity index (χ1n) is 10.2. The van der Waals surface area contributed by atoms with Crippen LogP contribution in [0.4, 0.5) is 4.39 Å². The van der Waals surface area contributed by atoms with Gasteiger partial charge in [0, 0.05) is 31.6 Å². The Bertz CT molecular complexity index is 1050. The highest BCUT2D eigenvalue weighted by Crippen LogP contribution is 2.22. The van der Waals surface area contributed by atoms with Crippen LogP contribution in [0.1, 0.15) is 48.4 Å². The van der Waals surface area contributed by atoms with Crippen LogP contribution in [0.25, 0.3) is 11.4 Å². The van der Waals surface area contributed by atoms with Crippen LogP contribution < -0.4 is 5.32 Å². The molecule has 6 nitrogen and oxygen atoms in total. The zero-order chi connectivity index (χ0) is 21.1. The number of amides is 1. The molecule has 1 aliphatic rings. The number of nitrogens with zero attached hydrogens (tertiary/aromatic N) is 3. The molecule has 156 valence electrons.